The highest BCUT2D eigenvalue weighted by molar-refractivity contribution is 8.42. The standard InChI is InChI=1S/C32H56O2S6/c1-3-5-7-9-11-13-15-17-19-21-23-35-29-30(36-24-22-20-18-16-14-12-10-8-6-4-2)40-32(39-29)31-37-27(25-33)28(26-34)38-31/h33-34H,3-26H2,1-2H3. The fourth-order valence-electron chi connectivity index (χ4n) is 4.72. The summed E-state index contributed by atoms with van der Waals surface area (Å²) in [6.07, 6.45) is 27.8. The normalized spacial score (nSPS) is 15.9. The van der Waals surface area contributed by atoms with Gasteiger partial charge in [0.1, 0.15) is 0 Å². The number of hydrogen-bond donors (Lipinski definition) is 2. The predicted molar refractivity (Wildman–Crippen MR) is 194 cm³/mol. The van der Waals surface area contributed by atoms with E-state index in [9.17, 15) is 10.2 Å². The van der Waals surface area contributed by atoms with Crippen molar-refractivity contribution in [2.24, 2.45) is 0 Å². The molecule has 0 atom stereocenters. The van der Waals surface area contributed by atoms with Gasteiger partial charge in [0, 0.05) is 9.81 Å². The molecule has 0 amide bonds. The van der Waals surface area contributed by atoms with E-state index in [1.54, 1.807) is 23.5 Å². The summed E-state index contributed by atoms with van der Waals surface area (Å²) < 4.78 is 5.57. The summed E-state index contributed by atoms with van der Waals surface area (Å²) in [7, 11) is 0. The summed E-state index contributed by atoms with van der Waals surface area (Å²) in [5, 5.41) is 19.4. The van der Waals surface area contributed by atoms with Crippen molar-refractivity contribution < 1.29 is 10.2 Å². The Morgan fingerprint density at radius 1 is 0.425 bits per heavy atom. The molecular formula is C32H56O2S6. The first-order valence-electron chi connectivity index (χ1n) is 16.1. The van der Waals surface area contributed by atoms with E-state index in [0.717, 1.165) is 9.81 Å². The third kappa shape index (κ3) is 16.4. The van der Waals surface area contributed by atoms with Crippen LogP contribution in [0.1, 0.15) is 142 Å². The van der Waals surface area contributed by atoms with Gasteiger partial charge in [-0.05, 0) is 24.3 Å². The number of aliphatic hydroxyl groups excluding tert-OH is 2. The molecule has 2 aliphatic heterocycles. The fourth-order valence-corrected chi connectivity index (χ4v) is 13.5. The van der Waals surface area contributed by atoms with Crippen LogP contribution in [0.5, 0.6) is 0 Å². The molecule has 2 nitrogen and oxygen atoms in total. The third-order valence-electron chi connectivity index (χ3n) is 7.20. The molecule has 2 rings (SSSR count). The largest absolute Gasteiger partial charge is 0.391 e. The van der Waals surface area contributed by atoms with E-state index in [1.165, 1.54) is 157 Å². The van der Waals surface area contributed by atoms with E-state index < -0.39 is 0 Å². The average Bonchev–Trinajstić information content (AvgIpc) is 3.58. The van der Waals surface area contributed by atoms with E-state index in [-0.39, 0.29) is 13.2 Å². The Labute approximate surface area is 272 Å². The second kappa shape index (κ2) is 25.6. The molecule has 0 aromatic rings. The third-order valence-corrected chi connectivity index (χ3v) is 16.1. The van der Waals surface area contributed by atoms with Crippen LogP contribution in [0.15, 0.2) is 26.8 Å². The van der Waals surface area contributed by atoms with Crippen molar-refractivity contribution in [3.05, 3.63) is 26.8 Å². The van der Waals surface area contributed by atoms with Crippen LogP contribution in [-0.2, 0) is 0 Å². The minimum absolute atomic E-state index is 0.0216. The monoisotopic (exact) mass is 664 g/mol. The number of thioether (sulfide) groups is 6. The van der Waals surface area contributed by atoms with Gasteiger partial charge in [-0.15, -0.1) is 23.5 Å². The zero-order valence-electron chi connectivity index (χ0n) is 25.3. The molecule has 0 bridgehead atoms. The van der Waals surface area contributed by atoms with Crippen LogP contribution >= 0.6 is 70.6 Å². The molecule has 0 aromatic heterocycles. The van der Waals surface area contributed by atoms with Gasteiger partial charge in [-0.2, -0.15) is 0 Å². The van der Waals surface area contributed by atoms with Crippen molar-refractivity contribution in [1.82, 2.24) is 0 Å². The first-order valence-corrected chi connectivity index (χ1v) is 21.4. The lowest BCUT2D eigenvalue weighted by molar-refractivity contribution is 0.324. The maximum atomic E-state index is 9.71. The van der Waals surface area contributed by atoms with Crippen LogP contribution in [0.2, 0.25) is 0 Å². The Hall–Kier alpha value is 1.24. The smallest absolute Gasteiger partial charge is 0.0753 e. The Morgan fingerprint density at radius 2 is 0.725 bits per heavy atom. The number of unbranched alkanes of at least 4 members (excludes halogenated alkanes) is 18. The van der Waals surface area contributed by atoms with Crippen LogP contribution in [0.25, 0.3) is 0 Å². The molecule has 2 N–H and O–H groups in total. The zero-order valence-corrected chi connectivity index (χ0v) is 30.2. The maximum absolute atomic E-state index is 9.71. The molecule has 2 heterocycles. The van der Waals surface area contributed by atoms with E-state index in [1.807, 2.05) is 23.5 Å². The van der Waals surface area contributed by atoms with Crippen LogP contribution < -0.4 is 0 Å². The highest BCUT2D eigenvalue weighted by Gasteiger charge is 2.29. The summed E-state index contributed by atoms with van der Waals surface area (Å²) in [5.74, 6) is 2.43. The van der Waals surface area contributed by atoms with Gasteiger partial charge in [0.2, 0.25) is 0 Å². The van der Waals surface area contributed by atoms with Gasteiger partial charge in [0.15, 0.2) is 0 Å². The van der Waals surface area contributed by atoms with E-state index in [0.29, 0.717) is 0 Å². The van der Waals surface area contributed by atoms with Crippen LogP contribution in [0.4, 0.5) is 0 Å². The summed E-state index contributed by atoms with van der Waals surface area (Å²) in [5.41, 5.74) is 0. The molecule has 2 aliphatic rings. The number of hydrogen-bond acceptors (Lipinski definition) is 8. The summed E-state index contributed by atoms with van der Waals surface area (Å²) in [4.78, 5) is 1.84. The molecule has 0 radical (unpaired) electrons. The van der Waals surface area contributed by atoms with E-state index in [4.69, 9.17) is 0 Å². The first-order chi connectivity index (χ1) is 19.7. The predicted octanol–water partition coefficient (Wildman–Crippen LogP) is 12.7. The lowest BCUT2D eigenvalue weighted by Crippen LogP contribution is -1.89. The van der Waals surface area contributed by atoms with Gasteiger partial charge in [-0.25, -0.2) is 0 Å². The highest BCUT2D eigenvalue weighted by atomic mass is 32.3. The minimum atomic E-state index is 0.0216. The van der Waals surface area contributed by atoms with Gasteiger partial charge < -0.3 is 10.2 Å². The van der Waals surface area contributed by atoms with Crippen molar-refractivity contribution in [1.29, 1.82) is 0 Å². The van der Waals surface area contributed by atoms with Crippen LogP contribution in [0.3, 0.4) is 0 Å². The Morgan fingerprint density at radius 3 is 1.05 bits per heavy atom. The van der Waals surface area contributed by atoms with E-state index >= 15 is 0 Å². The molecule has 0 aromatic carbocycles. The van der Waals surface area contributed by atoms with Gasteiger partial charge >= 0.3 is 0 Å². The molecule has 0 spiro atoms. The minimum Gasteiger partial charge on any atom is -0.391 e. The van der Waals surface area contributed by atoms with E-state index in [2.05, 4.69) is 37.4 Å². The lowest BCUT2D eigenvalue weighted by Gasteiger charge is -2.06. The molecule has 0 fully saturated rings. The molecule has 0 unspecified atom stereocenters. The molecule has 0 aliphatic carbocycles. The van der Waals surface area contributed by atoms with Gasteiger partial charge in [0.25, 0.3) is 0 Å². The van der Waals surface area contributed by atoms with Crippen LogP contribution in [-0.4, -0.2) is 34.9 Å². The highest BCUT2D eigenvalue weighted by Crippen LogP contribution is 2.63. The Bertz CT molecular complexity index is 707. The summed E-state index contributed by atoms with van der Waals surface area (Å²) in [6.45, 7) is 4.62. The van der Waals surface area contributed by atoms with Gasteiger partial charge in [0.05, 0.1) is 30.2 Å². The summed E-state index contributed by atoms with van der Waals surface area (Å²) in [6, 6.07) is 0. The second-order valence-corrected chi connectivity index (χ2v) is 18.3. The Balaban J connectivity index is 1.71. The van der Waals surface area contributed by atoms with Crippen molar-refractivity contribution in [3.63, 3.8) is 0 Å². The average molecular weight is 665 g/mol. The SMILES string of the molecule is CCCCCCCCCCCCSC1=C(SCCCCCCCCCCCC)SC(=C2SC(CO)=C(CO)S2)S1. The Kier molecular flexibility index (Phi) is 23.9. The molecule has 232 valence electrons. The van der Waals surface area contributed by atoms with Crippen molar-refractivity contribution in [3.8, 4) is 0 Å². The molecule has 0 saturated heterocycles. The zero-order chi connectivity index (χ0) is 28.7. The number of aliphatic hydroxyl groups is 2. The maximum Gasteiger partial charge on any atom is 0.0753 e. The van der Waals surface area contributed by atoms with Gasteiger partial charge in [-0.3, -0.25) is 0 Å². The fraction of sp³-hybridized carbons (Fsp3) is 0.812. The topological polar surface area (TPSA) is 40.5 Å². The molecular weight excluding hydrogens is 609 g/mol. The van der Waals surface area contributed by atoms with Gasteiger partial charge in [-0.1, -0.05) is 176 Å². The molecule has 0 saturated carbocycles. The molecule has 8 heteroatoms. The first kappa shape index (κ1) is 37.4. The number of rotatable bonds is 26. The quantitative estimate of drug-likeness (QED) is 0.0885. The second-order valence-electron chi connectivity index (χ2n) is 10.8. The van der Waals surface area contributed by atoms with Crippen molar-refractivity contribution >= 4 is 70.6 Å². The lowest BCUT2D eigenvalue weighted by atomic mass is 10.1. The van der Waals surface area contributed by atoms with Crippen molar-refractivity contribution in [2.75, 3.05) is 24.7 Å². The van der Waals surface area contributed by atoms with Crippen LogP contribution in [0, 0.1) is 0 Å². The molecule has 40 heavy (non-hydrogen) atoms. The van der Waals surface area contributed by atoms with Crippen molar-refractivity contribution in [2.45, 2.75) is 142 Å². The summed E-state index contributed by atoms with van der Waals surface area (Å²) >= 11 is 11.3.